The third-order valence-electron chi connectivity index (χ3n) is 2.02. The normalized spacial score (nSPS) is 10.6. The molecule has 1 aromatic carbocycles. The number of halogens is 2. The van der Waals surface area contributed by atoms with Gasteiger partial charge in [0.15, 0.2) is 0 Å². The lowest BCUT2D eigenvalue weighted by molar-refractivity contribution is 0.416. The fourth-order valence-electron chi connectivity index (χ4n) is 1.27. The second kappa shape index (κ2) is 4.56. The molecule has 0 aliphatic heterocycles. The summed E-state index contributed by atoms with van der Waals surface area (Å²) in [5.74, 6) is 0. The van der Waals surface area contributed by atoms with E-state index < -0.39 is 12.4 Å². The molecule has 2 rings (SSSR count). The summed E-state index contributed by atoms with van der Waals surface area (Å²) < 4.78 is 14.9. The minimum Gasteiger partial charge on any atom is -0.249 e. The molecule has 2 aromatic rings. The molecule has 0 atom stereocenters. The maximum absolute atomic E-state index is 12.1. The minimum atomic E-state index is -0.644. The fourth-order valence-corrected chi connectivity index (χ4v) is 1.72. The molecule has 16 heavy (non-hydrogen) atoms. The molecule has 1 aromatic heterocycles. The number of aromatic nitrogens is 4. The average molecular weight is 287 g/mol. The van der Waals surface area contributed by atoms with Gasteiger partial charge in [-0.2, -0.15) is 9.36 Å². The van der Waals surface area contributed by atoms with E-state index in [4.69, 9.17) is 0 Å². The highest BCUT2D eigenvalue weighted by atomic mass is 79.9. The van der Waals surface area contributed by atoms with Crippen LogP contribution in [0, 0.1) is 0 Å². The zero-order chi connectivity index (χ0) is 11.5. The molecule has 0 saturated carbocycles. The first kappa shape index (κ1) is 11.0. The number of aryl methyl sites for hydroxylation is 1. The van der Waals surface area contributed by atoms with Crippen molar-refractivity contribution in [1.82, 2.24) is 19.8 Å². The van der Waals surface area contributed by atoms with E-state index in [1.165, 1.54) is 0 Å². The standard InChI is InChI=1S/C9H8BrFN4O/c10-7-3-1-2-4-8(7)15-9(16)14(6-5-11)12-13-15/h1-4H,5-6H2. The van der Waals surface area contributed by atoms with Crippen molar-refractivity contribution in [3.63, 3.8) is 0 Å². The molecule has 84 valence electrons. The van der Waals surface area contributed by atoms with Gasteiger partial charge in [-0.05, 0) is 38.5 Å². The maximum Gasteiger partial charge on any atom is 0.368 e. The molecule has 0 N–H and O–H groups in total. The lowest BCUT2D eigenvalue weighted by atomic mass is 10.3. The predicted molar refractivity (Wildman–Crippen MR) is 59.3 cm³/mol. The predicted octanol–water partition coefficient (Wildman–Crippen LogP) is 1.16. The molecule has 0 spiro atoms. The van der Waals surface area contributed by atoms with Crippen LogP contribution in [0.15, 0.2) is 33.5 Å². The van der Waals surface area contributed by atoms with Crippen LogP contribution in [0.25, 0.3) is 5.69 Å². The third kappa shape index (κ3) is 1.90. The first-order valence-corrected chi connectivity index (χ1v) is 5.37. The van der Waals surface area contributed by atoms with E-state index in [0.29, 0.717) is 5.69 Å². The van der Waals surface area contributed by atoms with Crippen molar-refractivity contribution < 1.29 is 4.39 Å². The molecule has 5 nitrogen and oxygen atoms in total. The first-order chi connectivity index (χ1) is 7.74. The number of benzene rings is 1. The Morgan fingerprint density at radius 2 is 2.06 bits per heavy atom. The second-order valence-electron chi connectivity index (χ2n) is 3.04. The summed E-state index contributed by atoms with van der Waals surface area (Å²) in [4.78, 5) is 11.7. The molecule has 0 aliphatic rings. The minimum absolute atomic E-state index is 0.0801. The summed E-state index contributed by atoms with van der Waals surface area (Å²) in [5.41, 5.74) is 0.127. The van der Waals surface area contributed by atoms with Crippen LogP contribution < -0.4 is 5.69 Å². The van der Waals surface area contributed by atoms with Crippen LogP contribution in [-0.2, 0) is 6.54 Å². The number of rotatable bonds is 3. The van der Waals surface area contributed by atoms with Gasteiger partial charge in [0.2, 0.25) is 0 Å². The van der Waals surface area contributed by atoms with Crippen LogP contribution in [0.3, 0.4) is 0 Å². The third-order valence-corrected chi connectivity index (χ3v) is 2.69. The van der Waals surface area contributed by atoms with Crippen LogP contribution in [0.2, 0.25) is 0 Å². The Bertz CT molecular complexity index is 550. The Balaban J connectivity index is 2.50. The Labute approximate surface area is 98.6 Å². The molecule has 0 saturated heterocycles. The summed E-state index contributed by atoms with van der Waals surface area (Å²) in [6, 6.07) is 7.11. The Morgan fingerprint density at radius 1 is 1.31 bits per heavy atom. The number of tetrazole rings is 1. The highest BCUT2D eigenvalue weighted by Crippen LogP contribution is 2.17. The van der Waals surface area contributed by atoms with E-state index in [2.05, 4.69) is 26.4 Å². The van der Waals surface area contributed by atoms with Gasteiger partial charge in [-0.15, -0.1) is 0 Å². The fraction of sp³-hybridized carbons (Fsp3) is 0.222. The van der Waals surface area contributed by atoms with Crippen LogP contribution in [0.4, 0.5) is 4.39 Å². The van der Waals surface area contributed by atoms with E-state index in [0.717, 1.165) is 13.8 Å². The van der Waals surface area contributed by atoms with Crippen molar-refractivity contribution >= 4 is 15.9 Å². The molecule has 0 unspecified atom stereocenters. The highest BCUT2D eigenvalue weighted by Gasteiger charge is 2.10. The molecule has 0 radical (unpaired) electrons. The Kier molecular flexibility index (Phi) is 3.14. The van der Waals surface area contributed by atoms with Crippen molar-refractivity contribution in [3.05, 3.63) is 39.2 Å². The molecule has 1 heterocycles. The number of hydrogen-bond acceptors (Lipinski definition) is 3. The molecule has 0 bridgehead atoms. The molecule has 0 fully saturated rings. The van der Waals surface area contributed by atoms with Crippen molar-refractivity contribution in [3.8, 4) is 5.69 Å². The number of hydrogen-bond donors (Lipinski definition) is 0. The largest absolute Gasteiger partial charge is 0.368 e. The maximum atomic E-state index is 12.1. The van der Waals surface area contributed by atoms with Crippen molar-refractivity contribution in [2.45, 2.75) is 6.54 Å². The zero-order valence-corrected chi connectivity index (χ0v) is 9.76. The van der Waals surface area contributed by atoms with Crippen molar-refractivity contribution in [1.29, 1.82) is 0 Å². The highest BCUT2D eigenvalue weighted by molar-refractivity contribution is 9.10. The summed E-state index contributed by atoms with van der Waals surface area (Å²) in [6.45, 7) is -0.724. The lowest BCUT2D eigenvalue weighted by Gasteiger charge is -2.00. The smallest absolute Gasteiger partial charge is 0.249 e. The van der Waals surface area contributed by atoms with Crippen LogP contribution in [0.5, 0.6) is 0 Å². The topological polar surface area (TPSA) is 52.7 Å². The van der Waals surface area contributed by atoms with Crippen LogP contribution in [0.1, 0.15) is 0 Å². The van der Waals surface area contributed by atoms with Crippen LogP contribution >= 0.6 is 15.9 Å². The summed E-state index contributed by atoms with van der Waals surface area (Å²) in [6.07, 6.45) is 0. The van der Waals surface area contributed by atoms with Crippen molar-refractivity contribution in [2.75, 3.05) is 6.67 Å². The molecule has 0 aliphatic carbocycles. The van der Waals surface area contributed by atoms with Gasteiger partial charge in [0.1, 0.15) is 6.67 Å². The Hall–Kier alpha value is -1.50. The quantitative estimate of drug-likeness (QED) is 0.851. The van der Waals surface area contributed by atoms with Gasteiger partial charge in [-0.25, -0.2) is 9.18 Å². The molecular formula is C9H8BrFN4O. The summed E-state index contributed by atoms with van der Waals surface area (Å²) in [5, 5.41) is 7.27. The van der Waals surface area contributed by atoms with E-state index >= 15 is 0 Å². The SMILES string of the molecule is O=c1n(CCF)nnn1-c1ccccc1Br. The van der Waals surface area contributed by atoms with E-state index in [1.807, 2.05) is 6.07 Å². The summed E-state index contributed by atoms with van der Waals surface area (Å²) in [7, 11) is 0. The average Bonchev–Trinajstić information content (AvgIpc) is 2.62. The lowest BCUT2D eigenvalue weighted by Crippen LogP contribution is -2.25. The van der Waals surface area contributed by atoms with E-state index in [-0.39, 0.29) is 6.54 Å². The Morgan fingerprint density at radius 3 is 2.75 bits per heavy atom. The van der Waals surface area contributed by atoms with Gasteiger partial charge in [0.05, 0.1) is 12.2 Å². The zero-order valence-electron chi connectivity index (χ0n) is 8.18. The second-order valence-corrected chi connectivity index (χ2v) is 3.89. The van der Waals surface area contributed by atoms with Gasteiger partial charge >= 0.3 is 5.69 Å². The molecule has 0 amide bonds. The monoisotopic (exact) mass is 286 g/mol. The van der Waals surface area contributed by atoms with Gasteiger partial charge in [0.25, 0.3) is 0 Å². The van der Waals surface area contributed by atoms with Crippen molar-refractivity contribution in [2.24, 2.45) is 0 Å². The van der Waals surface area contributed by atoms with Gasteiger partial charge in [0, 0.05) is 4.47 Å². The van der Waals surface area contributed by atoms with Crippen LogP contribution in [-0.4, -0.2) is 26.5 Å². The van der Waals surface area contributed by atoms with E-state index in [1.54, 1.807) is 18.2 Å². The number of nitrogens with zero attached hydrogens (tertiary/aromatic N) is 4. The van der Waals surface area contributed by atoms with Gasteiger partial charge in [-0.1, -0.05) is 12.1 Å². The molecular weight excluding hydrogens is 279 g/mol. The van der Waals surface area contributed by atoms with Gasteiger partial charge < -0.3 is 0 Å². The molecule has 7 heteroatoms. The van der Waals surface area contributed by atoms with E-state index in [9.17, 15) is 9.18 Å². The number of alkyl halides is 1. The van der Waals surface area contributed by atoms with Gasteiger partial charge in [-0.3, -0.25) is 0 Å². The number of para-hydroxylation sites is 1. The first-order valence-electron chi connectivity index (χ1n) is 4.57. The summed E-state index contributed by atoms with van der Waals surface area (Å²) >= 11 is 3.30.